The number of nitrogens with zero attached hydrogens (tertiary/aromatic N) is 2. The van der Waals surface area contributed by atoms with Gasteiger partial charge in [-0.25, -0.2) is 4.98 Å². The van der Waals surface area contributed by atoms with Gasteiger partial charge in [0.15, 0.2) is 0 Å². The van der Waals surface area contributed by atoms with Gasteiger partial charge in [-0.3, -0.25) is 0 Å². The van der Waals surface area contributed by atoms with Crippen LogP contribution in [0.15, 0.2) is 65.3 Å². The average molecular weight is 385 g/mol. The lowest BCUT2D eigenvalue weighted by atomic mass is 10.3. The average Bonchev–Trinajstić information content (AvgIpc) is 2.57. The first-order chi connectivity index (χ1) is 11.7. The van der Waals surface area contributed by atoms with Crippen molar-refractivity contribution in [1.82, 2.24) is 9.97 Å². The Morgan fingerprint density at radius 2 is 1.92 bits per heavy atom. The zero-order chi connectivity index (χ0) is 16.8. The number of ether oxygens (including phenoxy) is 1. The van der Waals surface area contributed by atoms with Crippen molar-refractivity contribution in [3.63, 3.8) is 0 Å². The van der Waals surface area contributed by atoms with E-state index in [1.54, 1.807) is 6.20 Å². The Morgan fingerprint density at radius 3 is 2.75 bits per heavy atom. The number of nitrogens with one attached hydrogen (secondary N) is 2. The van der Waals surface area contributed by atoms with E-state index in [2.05, 4.69) is 36.5 Å². The molecule has 0 aliphatic rings. The van der Waals surface area contributed by atoms with E-state index < -0.39 is 0 Å². The minimum Gasteiger partial charge on any atom is -0.492 e. The molecule has 0 radical (unpaired) electrons. The van der Waals surface area contributed by atoms with Crippen molar-refractivity contribution in [2.24, 2.45) is 0 Å². The minimum atomic E-state index is 0.520. The van der Waals surface area contributed by atoms with Gasteiger partial charge in [0, 0.05) is 16.4 Å². The molecule has 5 nitrogen and oxygen atoms in total. The molecule has 24 heavy (non-hydrogen) atoms. The Balaban J connectivity index is 1.78. The molecule has 0 bridgehead atoms. The predicted octanol–water partition coefficient (Wildman–Crippen LogP) is 5.13. The Kier molecular flexibility index (Phi) is 5.28. The van der Waals surface area contributed by atoms with Gasteiger partial charge < -0.3 is 15.4 Å². The second-order valence-electron chi connectivity index (χ2n) is 4.96. The van der Waals surface area contributed by atoms with E-state index in [1.807, 2.05) is 61.5 Å². The van der Waals surface area contributed by atoms with Crippen LogP contribution in [0, 0.1) is 0 Å². The van der Waals surface area contributed by atoms with Gasteiger partial charge >= 0.3 is 0 Å². The van der Waals surface area contributed by atoms with E-state index >= 15 is 0 Å². The van der Waals surface area contributed by atoms with E-state index in [-0.39, 0.29) is 0 Å². The van der Waals surface area contributed by atoms with E-state index in [4.69, 9.17) is 4.74 Å². The third-order valence-corrected chi connectivity index (χ3v) is 3.68. The van der Waals surface area contributed by atoms with Gasteiger partial charge in [-0.05, 0) is 43.3 Å². The van der Waals surface area contributed by atoms with Crippen LogP contribution in [0.1, 0.15) is 6.92 Å². The molecule has 3 rings (SSSR count). The molecule has 0 fully saturated rings. The zero-order valence-electron chi connectivity index (χ0n) is 13.2. The number of anilines is 4. The first-order valence-electron chi connectivity index (χ1n) is 7.59. The molecule has 0 aliphatic carbocycles. The maximum absolute atomic E-state index is 5.62. The summed E-state index contributed by atoms with van der Waals surface area (Å²) in [5.74, 6) is 2.00. The lowest BCUT2D eigenvalue weighted by Gasteiger charge is -2.12. The number of rotatable bonds is 6. The van der Waals surface area contributed by atoms with Crippen molar-refractivity contribution >= 4 is 39.1 Å². The van der Waals surface area contributed by atoms with Gasteiger partial charge in [0.1, 0.15) is 11.6 Å². The molecule has 0 saturated heterocycles. The quantitative estimate of drug-likeness (QED) is 0.617. The van der Waals surface area contributed by atoms with Gasteiger partial charge in [-0.1, -0.05) is 34.1 Å². The third kappa shape index (κ3) is 4.23. The number of benzene rings is 2. The van der Waals surface area contributed by atoms with Crippen LogP contribution in [0.2, 0.25) is 0 Å². The number of halogens is 1. The van der Waals surface area contributed by atoms with Crippen LogP contribution in [0.25, 0.3) is 0 Å². The van der Waals surface area contributed by atoms with E-state index in [9.17, 15) is 0 Å². The van der Waals surface area contributed by atoms with Crippen LogP contribution in [0.3, 0.4) is 0 Å². The molecule has 3 aromatic rings. The molecule has 2 N–H and O–H groups in total. The first kappa shape index (κ1) is 16.3. The summed E-state index contributed by atoms with van der Waals surface area (Å²) < 4.78 is 6.61. The molecule has 1 aromatic heterocycles. The molecule has 0 aliphatic heterocycles. The first-order valence-corrected chi connectivity index (χ1v) is 8.38. The number of hydrogen-bond acceptors (Lipinski definition) is 5. The van der Waals surface area contributed by atoms with E-state index in [0.29, 0.717) is 18.4 Å². The molecule has 0 amide bonds. The zero-order valence-corrected chi connectivity index (χ0v) is 14.7. The molecule has 0 atom stereocenters. The molecule has 122 valence electrons. The Morgan fingerprint density at radius 1 is 1.04 bits per heavy atom. The van der Waals surface area contributed by atoms with Crippen LogP contribution in [0.4, 0.5) is 23.1 Å². The highest BCUT2D eigenvalue weighted by atomic mass is 79.9. The van der Waals surface area contributed by atoms with Crippen molar-refractivity contribution < 1.29 is 4.74 Å². The number of para-hydroxylation sites is 2. The molecular formula is C18H17BrN4O. The van der Waals surface area contributed by atoms with Gasteiger partial charge in [0.25, 0.3) is 0 Å². The fraction of sp³-hybridized carbons (Fsp3) is 0.111. The normalized spacial score (nSPS) is 10.2. The molecule has 2 aromatic carbocycles. The fourth-order valence-electron chi connectivity index (χ4n) is 2.17. The topological polar surface area (TPSA) is 59.1 Å². The SMILES string of the molecule is CCOc1ccccc1Nc1ccnc(Nc2cccc(Br)c2)n1. The lowest BCUT2D eigenvalue weighted by Crippen LogP contribution is -2.02. The second kappa shape index (κ2) is 7.79. The van der Waals surface area contributed by atoms with Crippen molar-refractivity contribution in [2.75, 3.05) is 17.2 Å². The largest absolute Gasteiger partial charge is 0.492 e. The maximum Gasteiger partial charge on any atom is 0.229 e. The highest BCUT2D eigenvalue weighted by molar-refractivity contribution is 9.10. The summed E-state index contributed by atoms with van der Waals surface area (Å²) in [7, 11) is 0. The van der Waals surface area contributed by atoms with E-state index in [0.717, 1.165) is 21.6 Å². The summed E-state index contributed by atoms with van der Waals surface area (Å²) in [5, 5.41) is 6.46. The van der Waals surface area contributed by atoms with Crippen molar-refractivity contribution in [1.29, 1.82) is 0 Å². The molecule has 1 heterocycles. The second-order valence-corrected chi connectivity index (χ2v) is 5.87. The fourth-order valence-corrected chi connectivity index (χ4v) is 2.57. The van der Waals surface area contributed by atoms with Crippen molar-refractivity contribution in [2.45, 2.75) is 6.92 Å². The van der Waals surface area contributed by atoms with Crippen LogP contribution in [-0.2, 0) is 0 Å². The Hall–Kier alpha value is -2.60. The Bertz CT molecular complexity index is 825. The summed E-state index contributed by atoms with van der Waals surface area (Å²) in [6.07, 6.45) is 1.71. The van der Waals surface area contributed by atoms with Crippen LogP contribution < -0.4 is 15.4 Å². The predicted molar refractivity (Wildman–Crippen MR) is 100 cm³/mol. The highest BCUT2D eigenvalue weighted by Gasteiger charge is 2.05. The number of aromatic nitrogens is 2. The maximum atomic E-state index is 5.62. The van der Waals surface area contributed by atoms with Crippen molar-refractivity contribution in [3.8, 4) is 5.75 Å². The lowest BCUT2D eigenvalue weighted by molar-refractivity contribution is 0.342. The Labute approximate surface area is 149 Å². The molecular weight excluding hydrogens is 368 g/mol. The monoisotopic (exact) mass is 384 g/mol. The van der Waals surface area contributed by atoms with Crippen LogP contribution in [0.5, 0.6) is 5.75 Å². The van der Waals surface area contributed by atoms with Crippen LogP contribution >= 0.6 is 15.9 Å². The highest BCUT2D eigenvalue weighted by Crippen LogP contribution is 2.27. The molecule has 0 spiro atoms. The van der Waals surface area contributed by atoms with Gasteiger partial charge in [-0.15, -0.1) is 0 Å². The van der Waals surface area contributed by atoms with Gasteiger partial charge in [0.05, 0.1) is 12.3 Å². The summed E-state index contributed by atoms with van der Waals surface area (Å²) in [6.45, 7) is 2.57. The minimum absolute atomic E-state index is 0.520. The third-order valence-electron chi connectivity index (χ3n) is 3.19. The van der Waals surface area contributed by atoms with Gasteiger partial charge in [-0.2, -0.15) is 4.98 Å². The molecule has 0 unspecified atom stereocenters. The smallest absolute Gasteiger partial charge is 0.229 e. The molecule has 6 heteroatoms. The summed E-state index contributed by atoms with van der Waals surface area (Å²) in [5.41, 5.74) is 1.78. The number of hydrogen-bond donors (Lipinski definition) is 2. The standard InChI is InChI=1S/C18H17BrN4O/c1-2-24-16-9-4-3-8-15(16)22-17-10-11-20-18(23-17)21-14-7-5-6-13(19)12-14/h3-12H,2H2,1H3,(H2,20,21,22,23). The summed E-state index contributed by atoms with van der Waals surface area (Å²) in [4.78, 5) is 8.75. The summed E-state index contributed by atoms with van der Waals surface area (Å²) in [6, 6.07) is 17.4. The van der Waals surface area contributed by atoms with Crippen LogP contribution in [-0.4, -0.2) is 16.6 Å². The van der Waals surface area contributed by atoms with Crippen molar-refractivity contribution in [3.05, 3.63) is 65.3 Å². The molecule has 0 saturated carbocycles. The van der Waals surface area contributed by atoms with Gasteiger partial charge in [0.2, 0.25) is 5.95 Å². The summed E-state index contributed by atoms with van der Waals surface area (Å²) >= 11 is 3.45. The van der Waals surface area contributed by atoms with E-state index in [1.165, 1.54) is 0 Å².